The minimum Gasteiger partial charge on any atom is -0.490 e. The Balaban J connectivity index is 0.00000450. The zero-order valence-corrected chi connectivity index (χ0v) is 20.9. The Bertz CT molecular complexity index is 764. The number of benzene rings is 1. The Hall–Kier alpha value is -1.97. The van der Waals surface area contributed by atoms with Gasteiger partial charge < -0.3 is 20.1 Å². The first-order chi connectivity index (χ1) is 14.2. The molecule has 0 unspecified atom stereocenters. The molecule has 0 saturated carbocycles. The van der Waals surface area contributed by atoms with E-state index in [4.69, 9.17) is 9.47 Å². The zero-order chi connectivity index (χ0) is 20.9. The van der Waals surface area contributed by atoms with Crippen LogP contribution in [0.1, 0.15) is 38.3 Å². The lowest BCUT2D eigenvalue weighted by Gasteiger charge is -2.14. The Labute approximate surface area is 197 Å². The van der Waals surface area contributed by atoms with E-state index in [0.29, 0.717) is 13.2 Å². The van der Waals surface area contributed by atoms with Crippen LogP contribution >= 0.6 is 24.0 Å². The molecule has 0 aliphatic rings. The summed E-state index contributed by atoms with van der Waals surface area (Å²) in [6.45, 7) is 12.6. The van der Waals surface area contributed by atoms with Gasteiger partial charge >= 0.3 is 0 Å². The molecule has 0 aliphatic carbocycles. The Morgan fingerprint density at radius 3 is 2.53 bits per heavy atom. The number of guanidine groups is 1. The van der Waals surface area contributed by atoms with Gasteiger partial charge in [-0.25, -0.2) is 0 Å². The number of hydrogen-bond acceptors (Lipinski definition) is 4. The second kappa shape index (κ2) is 14.9. The van der Waals surface area contributed by atoms with Crippen molar-refractivity contribution in [2.24, 2.45) is 4.99 Å². The third-order valence-corrected chi connectivity index (χ3v) is 4.24. The van der Waals surface area contributed by atoms with E-state index < -0.39 is 0 Å². The topological polar surface area (TPSA) is 72.7 Å². The van der Waals surface area contributed by atoms with Gasteiger partial charge in [0.05, 0.1) is 19.4 Å². The van der Waals surface area contributed by atoms with E-state index in [1.54, 1.807) is 0 Å². The average molecular weight is 529 g/mol. The predicted octanol–water partition coefficient (Wildman–Crippen LogP) is 3.79. The van der Waals surface area contributed by atoms with Crippen LogP contribution in [0.3, 0.4) is 0 Å². The smallest absolute Gasteiger partial charge is 0.191 e. The highest BCUT2D eigenvalue weighted by Gasteiger charge is 2.06. The van der Waals surface area contributed by atoms with E-state index in [0.717, 1.165) is 56.5 Å². The maximum Gasteiger partial charge on any atom is 0.191 e. The maximum absolute atomic E-state index is 5.71. The standard InChI is InChI=1S/C22H35N5O2.HI/c1-5-23-22(24-12-8-14-27-17-18(4)16-26-27)25-13-11-19-9-10-20(28-6-2)21(15-19)29-7-3;/h9-10,15-17H,5-8,11-14H2,1-4H3,(H2,23,24,25);1H. The van der Waals surface area contributed by atoms with E-state index in [1.165, 1.54) is 11.1 Å². The number of aliphatic imine (C=N–C) groups is 1. The molecular formula is C22H36IN5O2. The summed E-state index contributed by atoms with van der Waals surface area (Å²) >= 11 is 0. The molecule has 30 heavy (non-hydrogen) atoms. The SMILES string of the molecule is CCNC(=NCCCn1cc(C)cn1)NCCc1ccc(OCC)c(OCC)c1.I. The van der Waals surface area contributed by atoms with Crippen molar-refractivity contribution in [2.45, 2.75) is 47.1 Å². The van der Waals surface area contributed by atoms with Crippen molar-refractivity contribution in [2.75, 3.05) is 32.8 Å². The normalized spacial score (nSPS) is 11.0. The molecule has 2 N–H and O–H groups in total. The summed E-state index contributed by atoms with van der Waals surface area (Å²) in [7, 11) is 0. The lowest BCUT2D eigenvalue weighted by Crippen LogP contribution is -2.38. The van der Waals surface area contributed by atoms with Crippen LogP contribution in [0.4, 0.5) is 0 Å². The summed E-state index contributed by atoms with van der Waals surface area (Å²) in [4.78, 5) is 4.66. The van der Waals surface area contributed by atoms with Crippen molar-refractivity contribution in [3.63, 3.8) is 0 Å². The van der Waals surface area contributed by atoms with Gasteiger partial charge in [-0.3, -0.25) is 9.67 Å². The number of nitrogens with zero attached hydrogens (tertiary/aromatic N) is 3. The molecule has 0 radical (unpaired) electrons. The maximum atomic E-state index is 5.71. The molecule has 2 aromatic rings. The second-order valence-corrected chi connectivity index (χ2v) is 6.72. The van der Waals surface area contributed by atoms with Gasteiger partial charge in [-0.05, 0) is 63.8 Å². The number of hydrogen-bond donors (Lipinski definition) is 2. The molecule has 0 fully saturated rings. The monoisotopic (exact) mass is 529 g/mol. The van der Waals surface area contributed by atoms with E-state index in [9.17, 15) is 0 Å². The Morgan fingerprint density at radius 2 is 1.87 bits per heavy atom. The fraction of sp³-hybridized carbons (Fsp3) is 0.545. The Kier molecular flexibility index (Phi) is 13.0. The zero-order valence-electron chi connectivity index (χ0n) is 18.6. The second-order valence-electron chi connectivity index (χ2n) is 6.72. The van der Waals surface area contributed by atoms with Crippen LogP contribution in [0.5, 0.6) is 11.5 Å². The van der Waals surface area contributed by atoms with Gasteiger partial charge in [0.1, 0.15) is 0 Å². The third-order valence-electron chi connectivity index (χ3n) is 4.24. The fourth-order valence-electron chi connectivity index (χ4n) is 2.93. The predicted molar refractivity (Wildman–Crippen MR) is 133 cm³/mol. The van der Waals surface area contributed by atoms with E-state index in [-0.39, 0.29) is 24.0 Å². The number of ether oxygens (including phenoxy) is 2. The molecule has 0 atom stereocenters. The summed E-state index contributed by atoms with van der Waals surface area (Å²) in [5, 5.41) is 11.0. The fourth-order valence-corrected chi connectivity index (χ4v) is 2.93. The van der Waals surface area contributed by atoms with Crippen LogP contribution < -0.4 is 20.1 Å². The van der Waals surface area contributed by atoms with Crippen LogP contribution in [0, 0.1) is 6.92 Å². The molecule has 0 amide bonds. The van der Waals surface area contributed by atoms with E-state index in [2.05, 4.69) is 52.9 Å². The minimum atomic E-state index is 0. The lowest BCUT2D eigenvalue weighted by atomic mass is 10.1. The van der Waals surface area contributed by atoms with Gasteiger partial charge in [0.2, 0.25) is 0 Å². The first-order valence-electron chi connectivity index (χ1n) is 10.6. The largest absolute Gasteiger partial charge is 0.490 e. The average Bonchev–Trinajstić information content (AvgIpc) is 3.12. The quantitative estimate of drug-likeness (QED) is 0.190. The van der Waals surface area contributed by atoms with Crippen molar-refractivity contribution in [3.05, 3.63) is 41.7 Å². The van der Waals surface area contributed by atoms with Crippen molar-refractivity contribution in [1.82, 2.24) is 20.4 Å². The van der Waals surface area contributed by atoms with Crippen molar-refractivity contribution in [3.8, 4) is 11.5 Å². The van der Waals surface area contributed by atoms with Crippen LogP contribution in [-0.4, -0.2) is 48.6 Å². The highest BCUT2D eigenvalue weighted by atomic mass is 127. The van der Waals surface area contributed by atoms with Crippen LogP contribution in [0.2, 0.25) is 0 Å². The van der Waals surface area contributed by atoms with Gasteiger partial charge in [-0.1, -0.05) is 6.07 Å². The number of rotatable bonds is 12. The van der Waals surface area contributed by atoms with Gasteiger partial charge in [0, 0.05) is 32.4 Å². The number of aromatic nitrogens is 2. The van der Waals surface area contributed by atoms with E-state index in [1.807, 2.05) is 30.8 Å². The van der Waals surface area contributed by atoms with Crippen LogP contribution in [0.15, 0.2) is 35.6 Å². The molecule has 168 valence electrons. The van der Waals surface area contributed by atoms with Gasteiger partial charge in [-0.2, -0.15) is 5.10 Å². The van der Waals surface area contributed by atoms with Crippen LogP contribution in [-0.2, 0) is 13.0 Å². The van der Waals surface area contributed by atoms with Gasteiger partial charge in [-0.15, -0.1) is 24.0 Å². The lowest BCUT2D eigenvalue weighted by molar-refractivity contribution is 0.287. The molecule has 8 heteroatoms. The molecule has 0 spiro atoms. The van der Waals surface area contributed by atoms with Crippen LogP contribution in [0.25, 0.3) is 0 Å². The minimum absolute atomic E-state index is 0. The first kappa shape index (κ1) is 26.1. The molecule has 0 bridgehead atoms. The van der Waals surface area contributed by atoms with Crippen molar-refractivity contribution >= 4 is 29.9 Å². The molecule has 1 aromatic carbocycles. The number of nitrogens with one attached hydrogen (secondary N) is 2. The van der Waals surface area contributed by atoms with Crippen molar-refractivity contribution in [1.29, 1.82) is 0 Å². The number of aryl methyl sites for hydroxylation is 2. The summed E-state index contributed by atoms with van der Waals surface area (Å²) < 4.78 is 13.3. The summed E-state index contributed by atoms with van der Waals surface area (Å²) in [5.41, 5.74) is 2.39. The molecular weight excluding hydrogens is 493 g/mol. The Morgan fingerprint density at radius 1 is 1.10 bits per heavy atom. The molecule has 7 nitrogen and oxygen atoms in total. The first-order valence-corrected chi connectivity index (χ1v) is 10.6. The third kappa shape index (κ3) is 9.23. The molecule has 1 heterocycles. The van der Waals surface area contributed by atoms with Crippen molar-refractivity contribution < 1.29 is 9.47 Å². The molecule has 1 aromatic heterocycles. The summed E-state index contributed by atoms with van der Waals surface area (Å²) in [6, 6.07) is 6.14. The van der Waals surface area contributed by atoms with Gasteiger partial charge in [0.25, 0.3) is 0 Å². The highest BCUT2D eigenvalue weighted by molar-refractivity contribution is 14.0. The molecule has 2 rings (SSSR count). The van der Waals surface area contributed by atoms with E-state index >= 15 is 0 Å². The molecule has 0 aliphatic heterocycles. The summed E-state index contributed by atoms with van der Waals surface area (Å²) in [5.74, 6) is 2.45. The summed E-state index contributed by atoms with van der Waals surface area (Å²) in [6.07, 6.45) is 5.77. The van der Waals surface area contributed by atoms with Gasteiger partial charge in [0.15, 0.2) is 17.5 Å². The highest BCUT2D eigenvalue weighted by Crippen LogP contribution is 2.28. The molecule has 0 saturated heterocycles. The number of halogens is 1.